The van der Waals surface area contributed by atoms with E-state index in [1.807, 2.05) is 65.0 Å². The number of esters is 2. The second kappa shape index (κ2) is 12.7. The topological polar surface area (TPSA) is 95.3 Å². The molecule has 1 N–H and O–H groups in total. The Labute approximate surface area is 195 Å². The fourth-order valence-corrected chi connectivity index (χ4v) is 2.90. The molecule has 33 heavy (non-hydrogen) atoms. The van der Waals surface area contributed by atoms with Crippen molar-refractivity contribution in [1.82, 2.24) is 20.1 Å². The van der Waals surface area contributed by atoms with Crippen molar-refractivity contribution >= 4 is 18.0 Å². The van der Waals surface area contributed by atoms with Crippen molar-refractivity contribution in [1.29, 1.82) is 0 Å². The zero-order valence-corrected chi connectivity index (χ0v) is 20.0. The lowest BCUT2D eigenvalue weighted by Gasteiger charge is -2.26. The van der Waals surface area contributed by atoms with Crippen LogP contribution in [0.4, 0.5) is 0 Å². The zero-order chi connectivity index (χ0) is 24.3. The quantitative estimate of drug-likeness (QED) is 0.411. The van der Waals surface area contributed by atoms with Crippen LogP contribution in [-0.2, 0) is 25.6 Å². The normalized spacial score (nSPS) is 13.0. The Kier molecular flexibility index (Phi) is 10.00. The van der Waals surface area contributed by atoms with Crippen LogP contribution in [0.25, 0.3) is 6.08 Å². The van der Waals surface area contributed by atoms with Crippen LogP contribution >= 0.6 is 0 Å². The summed E-state index contributed by atoms with van der Waals surface area (Å²) >= 11 is 0. The fourth-order valence-electron chi connectivity index (χ4n) is 2.90. The molecule has 1 heterocycles. The standard InChI is InChI=1S/C25H34N4O4/c1-19(2)23(24(31)33-25(3,4)5)27-14-6-9-22(30)32-15-7-8-20-10-12-21(13-11-20)16-29-18-26-17-28-29/h6-13,17-19,23,27H,14-16H2,1-5H3/t23-/m1/s1. The van der Waals surface area contributed by atoms with Crippen molar-refractivity contribution in [2.45, 2.75) is 52.8 Å². The van der Waals surface area contributed by atoms with E-state index in [1.54, 1.807) is 23.2 Å². The van der Waals surface area contributed by atoms with Crippen molar-refractivity contribution in [3.05, 3.63) is 66.3 Å². The second-order valence-corrected chi connectivity index (χ2v) is 8.93. The molecule has 0 saturated carbocycles. The van der Waals surface area contributed by atoms with Gasteiger partial charge in [0, 0.05) is 12.6 Å². The fraction of sp³-hybridized carbons (Fsp3) is 0.440. The molecule has 1 atom stereocenters. The summed E-state index contributed by atoms with van der Waals surface area (Å²) in [7, 11) is 0. The maximum Gasteiger partial charge on any atom is 0.330 e. The monoisotopic (exact) mass is 454 g/mol. The lowest BCUT2D eigenvalue weighted by Crippen LogP contribution is -2.44. The Morgan fingerprint density at radius 1 is 1.15 bits per heavy atom. The number of hydrogen-bond acceptors (Lipinski definition) is 7. The van der Waals surface area contributed by atoms with Gasteiger partial charge in [-0.1, -0.05) is 50.3 Å². The van der Waals surface area contributed by atoms with Gasteiger partial charge in [0.25, 0.3) is 0 Å². The Hall–Kier alpha value is -3.26. The lowest BCUT2D eigenvalue weighted by atomic mass is 10.0. The number of ether oxygens (including phenoxy) is 2. The first-order valence-electron chi connectivity index (χ1n) is 11.0. The minimum Gasteiger partial charge on any atom is -0.459 e. The summed E-state index contributed by atoms with van der Waals surface area (Å²) in [6, 6.07) is 7.57. The number of hydrogen-bond donors (Lipinski definition) is 1. The number of carbonyl (C=O) groups is 2. The van der Waals surface area contributed by atoms with E-state index in [-0.39, 0.29) is 18.5 Å². The molecule has 0 amide bonds. The predicted octanol–water partition coefficient (Wildman–Crippen LogP) is 3.39. The Morgan fingerprint density at radius 3 is 2.48 bits per heavy atom. The highest BCUT2D eigenvalue weighted by Crippen LogP contribution is 2.12. The van der Waals surface area contributed by atoms with Crippen LogP contribution in [0.15, 0.2) is 55.1 Å². The van der Waals surface area contributed by atoms with Gasteiger partial charge in [0.15, 0.2) is 0 Å². The summed E-state index contributed by atoms with van der Waals surface area (Å²) in [5.74, 6) is -0.685. The average molecular weight is 455 g/mol. The van der Waals surface area contributed by atoms with E-state index in [0.717, 1.165) is 11.1 Å². The molecule has 0 saturated heterocycles. The molecule has 0 aliphatic rings. The van der Waals surface area contributed by atoms with Crippen LogP contribution in [0.1, 0.15) is 45.7 Å². The summed E-state index contributed by atoms with van der Waals surface area (Å²) in [6.07, 6.45) is 9.86. The highest BCUT2D eigenvalue weighted by Gasteiger charge is 2.26. The summed E-state index contributed by atoms with van der Waals surface area (Å²) in [6.45, 7) is 10.6. The van der Waals surface area contributed by atoms with Crippen LogP contribution in [-0.4, -0.2) is 51.5 Å². The zero-order valence-electron chi connectivity index (χ0n) is 20.0. The first-order valence-corrected chi connectivity index (χ1v) is 11.0. The number of nitrogens with one attached hydrogen (secondary N) is 1. The van der Waals surface area contributed by atoms with Gasteiger partial charge in [0.1, 0.15) is 30.9 Å². The van der Waals surface area contributed by atoms with Crippen LogP contribution < -0.4 is 5.32 Å². The van der Waals surface area contributed by atoms with Gasteiger partial charge in [-0.3, -0.25) is 4.79 Å². The van der Waals surface area contributed by atoms with Crippen molar-refractivity contribution in [2.75, 3.05) is 13.2 Å². The lowest BCUT2D eigenvalue weighted by molar-refractivity contribution is -0.158. The van der Waals surface area contributed by atoms with E-state index in [9.17, 15) is 9.59 Å². The first kappa shape index (κ1) is 26.0. The maximum atomic E-state index is 12.3. The number of benzene rings is 1. The van der Waals surface area contributed by atoms with E-state index in [4.69, 9.17) is 9.47 Å². The third-order valence-electron chi connectivity index (χ3n) is 4.46. The number of aromatic nitrogens is 3. The number of nitrogens with zero attached hydrogens (tertiary/aromatic N) is 3. The molecule has 1 aromatic carbocycles. The van der Waals surface area contributed by atoms with Crippen LogP contribution in [0.3, 0.4) is 0 Å². The Bertz CT molecular complexity index is 926. The molecule has 0 spiro atoms. The Balaban J connectivity index is 1.70. The molecule has 0 aliphatic carbocycles. The van der Waals surface area contributed by atoms with Crippen LogP contribution in [0.5, 0.6) is 0 Å². The van der Waals surface area contributed by atoms with Gasteiger partial charge in [0.05, 0.1) is 6.54 Å². The van der Waals surface area contributed by atoms with Gasteiger partial charge < -0.3 is 14.8 Å². The molecule has 0 radical (unpaired) electrons. The highest BCUT2D eigenvalue weighted by molar-refractivity contribution is 5.82. The van der Waals surface area contributed by atoms with E-state index >= 15 is 0 Å². The third-order valence-corrected chi connectivity index (χ3v) is 4.46. The molecule has 0 bridgehead atoms. The van der Waals surface area contributed by atoms with Crippen molar-refractivity contribution < 1.29 is 19.1 Å². The van der Waals surface area contributed by atoms with Crippen molar-refractivity contribution in [3.63, 3.8) is 0 Å². The molecular formula is C25H34N4O4. The summed E-state index contributed by atoms with van der Waals surface area (Å²) in [5, 5.41) is 7.20. The molecule has 1 aromatic heterocycles. The van der Waals surface area contributed by atoms with Crippen molar-refractivity contribution in [2.24, 2.45) is 5.92 Å². The minimum atomic E-state index is -0.543. The largest absolute Gasteiger partial charge is 0.459 e. The van der Waals surface area contributed by atoms with E-state index in [1.165, 1.54) is 12.4 Å². The molecule has 0 fully saturated rings. The van der Waals surface area contributed by atoms with Gasteiger partial charge in [-0.2, -0.15) is 5.10 Å². The van der Waals surface area contributed by atoms with E-state index in [2.05, 4.69) is 15.4 Å². The predicted molar refractivity (Wildman–Crippen MR) is 127 cm³/mol. The third kappa shape index (κ3) is 10.3. The summed E-state index contributed by atoms with van der Waals surface area (Å²) in [5.41, 5.74) is 1.59. The SMILES string of the molecule is CC(C)[C@@H](NCC=CC(=O)OCC=Cc1ccc(Cn2cncn2)cc1)C(=O)OC(C)(C)C. The smallest absolute Gasteiger partial charge is 0.330 e. The molecule has 2 aromatic rings. The highest BCUT2D eigenvalue weighted by atomic mass is 16.6. The van der Waals surface area contributed by atoms with Crippen LogP contribution in [0.2, 0.25) is 0 Å². The second-order valence-electron chi connectivity index (χ2n) is 8.93. The first-order chi connectivity index (χ1) is 15.6. The molecule has 8 nitrogen and oxygen atoms in total. The van der Waals surface area contributed by atoms with Gasteiger partial charge in [-0.25, -0.2) is 14.5 Å². The summed E-state index contributed by atoms with van der Waals surface area (Å²) < 4.78 is 12.4. The summed E-state index contributed by atoms with van der Waals surface area (Å²) in [4.78, 5) is 28.1. The van der Waals surface area contributed by atoms with Gasteiger partial charge in [0.2, 0.25) is 0 Å². The number of rotatable bonds is 11. The number of carbonyl (C=O) groups excluding carboxylic acids is 2. The molecule has 2 rings (SSSR count). The average Bonchev–Trinajstić information content (AvgIpc) is 3.23. The van der Waals surface area contributed by atoms with Crippen molar-refractivity contribution in [3.8, 4) is 0 Å². The molecule has 8 heteroatoms. The minimum absolute atomic E-state index is 0.0574. The maximum absolute atomic E-state index is 12.3. The molecule has 0 aliphatic heterocycles. The molecule has 178 valence electrons. The van der Waals surface area contributed by atoms with Crippen LogP contribution in [0, 0.1) is 5.92 Å². The van der Waals surface area contributed by atoms with Gasteiger partial charge >= 0.3 is 11.9 Å². The van der Waals surface area contributed by atoms with Gasteiger partial charge in [-0.05, 0) is 43.9 Å². The molecular weight excluding hydrogens is 420 g/mol. The van der Waals surface area contributed by atoms with Gasteiger partial charge in [-0.15, -0.1) is 0 Å². The Morgan fingerprint density at radius 2 is 1.88 bits per heavy atom. The van der Waals surface area contributed by atoms with E-state index < -0.39 is 17.6 Å². The molecule has 0 unspecified atom stereocenters. The van der Waals surface area contributed by atoms with E-state index in [0.29, 0.717) is 13.1 Å².